The lowest BCUT2D eigenvalue weighted by atomic mass is 9.90. The van der Waals surface area contributed by atoms with Crippen LogP contribution in [0.2, 0.25) is 0 Å². The number of nitrogens with one attached hydrogen (secondary N) is 1. The molecule has 0 unspecified atom stereocenters. The number of carbonyl (C=O) groups excluding carboxylic acids is 1. The highest BCUT2D eigenvalue weighted by molar-refractivity contribution is 7.11. The van der Waals surface area contributed by atoms with Crippen LogP contribution in [0.3, 0.4) is 0 Å². The van der Waals surface area contributed by atoms with Crippen LogP contribution < -0.4 is 5.32 Å². The number of hydrogen-bond donors (Lipinski definition) is 1. The van der Waals surface area contributed by atoms with E-state index >= 15 is 0 Å². The van der Waals surface area contributed by atoms with E-state index in [9.17, 15) is 4.79 Å². The average molecular weight is 330 g/mol. The van der Waals surface area contributed by atoms with Crippen LogP contribution in [0, 0.1) is 13.8 Å². The zero-order valence-corrected chi connectivity index (χ0v) is 14.6. The second-order valence-electron chi connectivity index (χ2n) is 6.13. The molecule has 0 fully saturated rings. The van der Waals surface area contributed by atoms with E-state index in [0.29, 0.717) is 12.5 Å². The average Bonchev–Trinajstić information content (AvgIpc) is 2.91. The van der Waals surface area contributed by atoms with Gasteiger partial charge in [-0.3, -0.25) is 4.98 Å². The summed E-state index contributed by atoms with van der Waals surface area (Å²) in [5.41, 5.74) is 2.98. The van der Waals surface area contributed by atoms with Gasteiger partial charge in [-0.2, -0.15) is 0 Å². The summed E-state index contributed by atoms with van der Waals surface area (Å²) in [6.07, 6.45) is 6.81. The van der Waals surface area contributed by atoms with Gasteiger partial charge in [0.25, 0.3) is 0 Å². The first-order chi connectivity index (χ1) is 11.0. The Balaban J connectivity index is 1.66. The third-order valence-electron chi connectivity index (χ3n) is 4.30. The Morgan fingerprint density at radius 2 is 2.30 bits per heavy atom. The summed E-state index contributed by atoms with van der Waals surface area (Å²) in [5.74, 6) is 0.342. The van der Waals surface area contributed by atoms with Crippen molar-refractivity contribution < 1.29 is 4.79 Å². The Labute approximate surface area is 140 Å². The van der Waals surface area contributed by atoms with Gasteiger partial charge in [0.15, 0.2) is 0 Å². The standard InChI is InChI=1S/C17H22N4OS/c1-11-7-8-18-9-14(11)20-17(22)21(3)10-13-5-4-6-15-16(13)19-12(2)23-15/h7-9,13H,4-6,10H2,1-3H3,(H,20,22)/t13-/m1/s1. The van der Waals surface area contributed by atoms with Crippen molar-refractivity contribution in [2.75, 3.05) is 18.9 Å². The number of urea groups is 1. The summed E-state index contributed by atoms with van der Waals surface area (Å²) in [6, 6.07) is 1.79. The molecule has 2 aromatic rings. The van der Waals surface area contributed by atoms with Crippen LogP contribution in [0.25, 0.3) is 0 Å². The molecule has 122 valence electrons. The molecule has 1 aliphatic rings. The van der Waals surface area contributed by atoms with Crippen molar-refractivity contribution in [3.63, 3.8) is 0 Å². The largest absolute Gasteiger partial charge is 0.327 e. The second-order valence-corrected chi connectivity index (χ2v) is 7.42. The number of aryl methyl sites for hydroxylation is 3. The molecule has 1 aliphatic carbocycles. The third kappa shape index (κ3) is 3.52. The SMILES string of the molecule is Cc1nc2c(s1)CCC[C@@H]2CN(C)C(=O)Nc1cnccc1C. The van der Waals surface area contributed by atoms with Gasteiger partial charge in [0.05, 0.1) is 22.6 Å². The summed E-state index contributed by atoms with van der Waals surface area (Å²) in [5, 5.41) is 4.06. The maximum Gasteiger partial charge on any atom is 0.321 e. The molecule has 0 bridgehead atoms. The van der Waals surface area contributed by atoms with E-state index in [1.54, 1.807) is 28.6 Å². The summed E-state index contributed by atoms with van der Waals surface area (Å²) in [7, 11) is 1.84. The Bertz CT molecular complexity index is 712. The molecular weight excluding hydrogens is 308 g/mol. The molecule has 0 aromatic carbocycles. The number of fused-ring (bicyclic) bond motifs is 1. The number of amides is 2. The minimum atomic E-state index is -0.0971. The van der Waals surface area contributed by atoms with Crippen molar-refractivity contribution in [3.05, 3.63) is 39.6 Å². The highest BCUT2D eigenvalue weighted by atomic mass is 32.1. The van der Waals surface area contributed by atoms with Crippen LogP contribution in [0.5, 0.6) is 0 Å². The van der Waals surface area contributed by atoms with Crippen molar-refractivity contribution in [3.8, 4) is 0 Å². The van der Waals surface area contributed by atoms with Crippen LogP contribution in [0.15, 0.2) is 18.5 Å². The number of nitrogens with zero attached hydrogens (tertiary/aromatic N) is 3. The van der Waals surface area contributed by atoms with Gasteiger partial charge in [0.2, 0.25) is 0 Å². The molecule has 2 aromatic heterocycles. The Morgan fingerprint density at radius 3 is 3.09 bits per heavy atom. The minimum Gasteiger partial charge on any atom is -0.327 e. The van der Waals surface area contributed by atoms with Crippen LogP contribution in [-0.2, 0) is 6.42 Å². The zero-order valence-electron chi connectivity index (χ0n) is 13.8. The fraction of sp³-hybridized carbons (Fsp3) is 0.471. The monoisotopic (exact) mass is 330 g/mol. The van der Waals surface area contributed by atoms with E-state index in [-0.39, 0.29) is 6.03 Å². The predicted octanol–water partition coefficient (Wildman–Crippen LogP) is 3.74. The van der Waals surface area contributed by atoms with Gasteiger partial charge >= 0.3 is 6.03 Å². The number of rotatable bonds is 3. The molecule has 2 amide bonds. The fourth-order valence-electron chi connectivity index (χ4n) is 3.03. The molecule has 6 heteroatoms. The van der Waals surface area contributed by atoms with Crippen LogP contribution in [0.4, 0.5) is 10.5 Å². The van der Waals surface area contributed by atoms with Crippen LogP contribution in [0.1, 0.15) is 39.9 Å². The molecule has 0 radical (unpaired) electrons. The smallest absolute Gasteiger partial charge is 0.321 e. The van der Waals surface area contributed by atoms with Gasteiger partial charge in [-0.1, -0.05) is 0 Å². The highest BCUT2D eigenvalue weighted by Gasteiger charge is 2.26. The topological polar surface area (TPSA) is 58.1 Å². The van der Waals surface area contributed by atoms with Gasteiger partial charge < -0.3 is 10.2 Å². The van der Waals surface area contributed by atoms with Crippen molar-refractivity contribution in [1.29, 1.82) is 0 Å². The van der Waals surface area contributed by atoms with E-state index < -0.39 is 0 Å². The van der Waals surface area contributed by atoms with Gasteiger partial charge in [-0.05, 0) is 44.7 Å². The minimum absolute atomic E-state index is 0.0971. The number of thiazole rings is 1. The van der Waals surface area contributed by atoms with E-state index in [0.717, 1.165) is 29.1 Å². The maximum absolute atomic E-state index is 12.4. The Hall–Kier alpha value is -1.95. The quantitative estimate of drug-likeness (QED) is 0.932. The van der Waals surface area contributed by atoms with Crippen molar-refractivity contribution in [2.24, 2.45) is 0 Å². The highest BCUT2D eigenvalue weighted by Crippen LogP contribution is 2.35. The van der Waals surface area contributed by atoms with Gasteiger partial charge in [0.1, 0.15) is 0 Å². The van der Waals surface area contributed by atoms with Gasteiger partial charge in [-0.25, -0.2) is 9.78 Å². The number of likely N-dealkylation sites (N-methyl/N-ethyl adjacent to an activating group) is 1. The predicted molar refractivity (Wildman–Crippen MR) is 93.2 cm³/mol. The van der Waals surface area contributed by atoms with Gasteiger partial charge in [-0.15, -0.1) is 11.3 Å². The lowest BCUT2D eigenvalue weighted by molar-refractivity contribution is 0.217. The first-order valence-electron chi connectivity index (χ1n) is 7.93. The van der Waals surface area contributed by atoms with Crippen LogP contribution in [-0.4, -0.2) is 34.5 Å². The zero-order chi connectivity index (χ0) is 16.4. The Morgan fingerprint density at radius 1 is 1.48 bits per heavy atom. The van der Waals surface area contributed by atoms with E-state index in [2.05, 4.69) is 17.2 Å². The maximum atomic E-state index is 12.4. The number of aromatic nitrogens is 2. The van der Waals surface area contributed by atoms with Crippen LogP contribution >= 0.6 is 11.3 Å². The fourth-order valence-corrected chi connectivity index (χ4v) is 4.09. The van der Waals surface area contributed by atoms with Gasteiger partial charge in [0, 0.05) is 30.6 Å². The molecule has 3 rings (SSSR count). The lowest BCUT2D eigenvalue weighted by Gasteiger charge is -2.26. The summed E-state index contributed by atoms with van der Waals surface area (Å²) >= 11 is 1.80. The summed E-state index contributed by atoms with van der Waals surface area (Å²) in [6.45, 7) is 4.71. The molecule has 1 atom stereocenters. The first kappa shape index (κ1) is 15.9. The lowest BCUT2D eigenvalue weighted by Crippen LogP contribution is -2.35. The summed E-state index contributed by atoms with van der Waals surface area (Å²) in [4.78, 5) is 24.3. The number of pyridine rings is 1. The molecular formula is C17H22N4OS. The third-order valence-corrected chi connectivity index (χ3v) is 5.35. The summed E-state index contributed by atoms with van der Waals surface area (Å²) < 4.78 is 0. The Kier molecular flexibility index (Phi) is 4.61. The van der Waals surface area contributed by atoms with E-state index in [1.807, 2.05) is 20.0 Å². The molecule has 1 N–H and O–H groups in total. The van der Waals surface area contributed by atoms with E-state index in [4.69, 9.17) is 4.98 Å². The van der Waals surface area contributed by atoms with Crippen molar-refractivity contribution >= 4 is 23.1 Å². The first-order valence-corrected chi connectivity index (χ1v) is 8.75. The molecule has 0 saturated heterocycles. The molecule has 0 spiro atoms. The molecule has 5 nitrogen and oxygen atoms in total. The number of carbonyl (C=O) groups is 1. The number of anilines is 1. The molecule has 23 heavy (non-hydrogen) atoms. The normalized spacial score (nSPS) is 16.7. The molecule has 2 heterocycles. The second kappa shape index (κ2) is 6.66. The van der Waals surface area contributed by atoms with E-state index in [1.165, 1.54) is 17.0 Å². The molecule has 0 saturated carbocycles. The van der Waals surface area contributed by atoms with Crippen molar-refractivity contribution in [2.45, 2.75) is 39.0 Å². The van der Waals surface area contributed by atoms with Crippen molar-refractivity contribution in [1.82, 2.24) is 14.9 Å². The molecule has 0 aliphatic heterocycles. The number of hydrogen-bond acceptors (Lipinski definition) is 4.